The van der Waals surface area contributed by atoms with Crippen LogP contribution in [0.1, 0.15) is 24.2 Å². The molecule has 0 aliphatic rings. The SMILES string of the molecule is COc1ccc(-n2cc(-c3ccccc3)nc2NC(=O)CN(C(=O)c2ccc(Cl)cc2Cl)C(C)C)cc1OC. The van der Waals surface area contributed by atoms with Crippen molar-refractivity contribution < 1.29 is 19.1 Å². The Hall–Kier alpha value is -4.01. The molecule has 0 radical (unpaired) electrons. The fraction of sp³-hybridized carbons (Fsp3) is 0.207. The first kappa shape index (κ1) is 28.0. The first-order chi connectivity index (χ1) is 18.7. The average molecular weight is 567 g/mol. The Bertz CT molecular complexity index is 1490. The van der Waals surface area contributed by atoms with Crippen LogP contribution in [0, 0.1) is 0 Å². The van der Waals surface area contributed by atoms with E-state index in [2.05, 4.69) is 5.32 Å². The summed E-state index contributed by atoms with van der Waals surface area (Å²) in [6.07, 6.45) is 1.82. The van der Waals surface area contributed by atoms with Gasteiger partial charge in [0.25, 0.3) is 5.91 Å². The number of nitrogens with one attached hydrogen (secondary N) is 1. The number of hydrogen-bond donors (Lipinski definition) is 1. The van der Waals surface area contributed by atoms with Gasteiger partial charge in [-0.1, -0.05) is 53.5 Å². The lowest BCUT2D eigenvalue weighted by atomic mass is 10.1. The summed E-state index contributed by atoms with van der Waals surface area (Å²) >= 11 is 12.3. The molecule has 0 saturated heterocycles. The fourth-order valence-corrected chi connectivity index (χ4v) is 4.50. The minimum atomic E-state index is -0.422. The smallest absolute Gasteiger partial charge is 0.256 e. The Morgan fingerprint density at radius 3 is 2.33 bits per heavy atom. The predicted molar refractivity (Wildman–Crippen MR) is 153 cm³/mol. The van der Waals surface area contributed by atoms with Crippen molar-refractivity contribution in [2.24, 2.45) is 0 Å². The number of methoxy groups -OCH3 is 2. The summed E-state index contributed by atoms with van der Waals surface area (Å²) in [7, 11) is 3.12. The van der Waals surface area contributed by atoms with Gasteiger partial charge in [-0.3, -0.25) is 19.5 Å². The number of carbonyl (C=O) groups is 2. The van der Waals surface area contributed by atoms with Gasteiger partial charge in [-0.25, -0.2) is 4.98 Å². The molecule has 0 aliphatic carbocycles. The number of anilines is 1. The maximum Gasteiger partial charge on any atom is 0.256 e. The third-order valence-electron chi connectivity index (χ3n) is 6.03. The minimum Gasteiger partial charge on any atom is -0.493 e. The molecule has 1 aromatic heterocycles. The first-order valence-corrected chi connectivity index (χ1v) is 12.9. The molecule has 0 saturated carbocycles. The van der Waals surface area contributed by atoms with Gasteiger partial charge in [-0.15, -0.1) is 0 Å². The summed E-state index contributed by atoms with van der Waals surface area (Å²) in [5, 5.41) is 3.51. The van der Waals surface area contributed by atoms with Gasteiger partial charge >= 0.3 is 0 Å². The van der Waals surface area contributed by atoms with Crippen molar-refractivity contribution in [3.8, 4) is 28.4 Å². The summed E-state index contributed by atoms with van der Waals surface area (Å²) in [6.45, 7) is 3.44. The van der Waals surface area contributed by atoms with Crippen molar-refractivity contribution in [2.75, 3.05) is 26.1 Å². The molecule has 0 bridgehead atoms. The Morgan fingerprint density at radius 2 is 1.69 bits per heavy atom. The molecule has 2 amide bonds. The Balaban J connectivity index is 1.66. The number of aromatic nitrogens is 2. The van der Waals surface area contributed by atoms with Crippen LogP contribution in [0.2, 0.25) is 10.0 Å². The molecule has 1 N–H and O–H groups in total. The molecular formula is C29H28Cl2N4O4. The summed E-state index contributed by atoms with van der Waals surface area (Å²) < 4.78 is 12.6. The van der Waals surface area contributed by atoms with E-state index in [0.717, 1.165) is 5.56 Å². The van der Waals surface area contributed by atoms with Crippen LogP contribution in [0.15, 0.2) is 72.9 Å². The number of carbonyl (C=O) groups excluding carboxylic acids is 2. The van der Waals surface area contributed by atoms with E-state index in [1.165, 1.54) is 11.0 Å². The number of imidazole rings is 1. The van der Waals surface area contributed by atoms with E-state index in [1.807, 2.05) is 56.4 Å². The van der Waals surface area contributed by atoms with Crippen LogP contribution in [0.5, 0.6) is 11.5 Å². The molecule has 0 fully saturated rings. The van der Waals surface area contributed by atoms with E-state index in [1.54, 1.807) is 43.1 Å². The molecule has 10 heteroatoms. The fourth-order valence-electron chi connectivity index (χ4n) is 4.01. The van der Waals surface area contributed by atoms with Crippen molar-refractivity contribution in [2.45, 2.75) is 19.9 Å². The van der Waals surface area contributed by atoms with Gasteiger partial charge in [0.2, 0.25) is 11.9 Å². The molecule has 3 aromatic carbocycles. The zero-order chi connectivity index (χ0) is 28.1. The number of amides is 2. The van der Waals surface area contributed by atoms with Crippen LogP contribution in [-0.4, -0.2) is 53.1 Å². The van der Waals surface area contributed by atoms with Crippen LogP contribution in [0.4, 0.5) is 5.95 Å². The summed E-state index contributed by atoms with van der Waals surface area (Å²) in [5.41, 5.74) is 2.50. The molecule has 1 heterocycles. The monoisotopic (exact) mass is 566 g/mol. The Kier molecular flexibility index (Phi) is 8.79. The molecule has 202 valence electrons. The van der Waals surface area contributed by atoms with Gasteiger partial charge in [-0.2, -0.15) is 0 Å². The van der Waals surface area contributed by atoms with Crippen molar-refractivity contribution in [1.82, 2.24) is 14.5 Å². The molecule has 0 atom stereocenters. The van der Waals surface area contributed by atoms with E-state index < -0.39 is 5.91 Å². The molecule has 4 aromatic rings. The number of rotatable bonds is 9. The number of nitrogens with zero attached hydrogens (tertiary/aromatic N) is 3. The maximum atomic E-state index is 13.3. The molecule has 0 unspecified atom stereocenters. The van der Waals surface area contributed by atoms with Gasteiger partial charge < -0.3 is 14.4 Å². The highest BCUT2D eigenvalue weighted by Gasteiger charge is 2.25. The molecule has 8 nitrogen and oxygen atoms in total. The second-order valence-electron chi connectivity index (χ2n) is 8.92. The third-order valence-corrected chi connectivity index (χ3v) is 6.58. The van der Waals surface area contributed by atoms with Crippen LogP contribution in [-0.2, 0) is 4.79 Å². The molecule has 0 aliphatic heterocycles. The molecule has 0 spiro atoms. The Labute approximate surface area is 237 Å². The topological polar surface area (TPSA) is 85.7 Å². The van der Waals surface area contributed by atoms with Crippen LogP contribution >= 0.6 is 23.2 Å². The highest BCUT2D eigenvalue weighted by atomic mass is 35.5. The maximum absolute atomic E-state index is 13.3. The normalized spacial score (nSPS) is 10.8. The number of halogens is 2. The molecule has 39 heavy (non-hydrogen) atoms. The van der Waals surface area contributed by atoms with Crippen molar-refractivity contribution in [3.63, 3.8) is 0 Å². The number of hydrogen-bond acceptors (Lipinski definition) is 5. The van der Waals surface area contributed by atoms with E-state index in [-0.39, 0.29) is 35.0 Å². The second-order valence-corrected chi connectivity index (χ2v) is 9.77. The van der Waals surface area contributed by atoms with Gasteiger partial charge in [0, 0.05) is 28.9 Å². The highest BCUT2D eigenvalue weighted by Crippen LogP contribution is 2.32. The summed E-state index contributed by atoms with van der Waals surface area (Å²) in [4.78, 5) is 32.7. The standard InChI is InChI=1S/C29H28Cl2N4O4/c1-18(2)34(28(37)22-12-10-20(30)14-23(22)31)17-27(36)33-29-32-24(19-8-6-5-7-9-19)16-35(29)21-11-13-25(38-3)26(15-21)39-4/h5-16,18H,17H2,1-4H3,(H,32,33,36). The lowest BCUT2D eigenvalue weighted by molar-refractivity contribution is -0.117. The lowest BCUT2D eigenvalue weighted by Crippen LogP contribution is -2.42. The zero-order valence-electron chi connectivity index (χ0n) is 21.9. The van der Waals surface area contributed by atoms with Gasteiger partial charge in [0.15, 0.2) is 11.5 Å². The number of benzene rings is 3. The second kappa shape index (κ2) is 12.2. The molecule has 4 rings (SSSR count). The quantitative estimate of drug-likeness (QED) is 0.255. The van der Waals surface area contributed by atoms with Crippen LogP contribution in [0.25, 0.3) is 16.9 Å². The summed E-state index contributed by atoms with van der Waals surface area (Å²) in [5.74, 6) is 0.580. The average Bonchev–Trinajstić information content (AvgIpc) is 3.34. The minimum absolute atomic E-state index is 0.213. The van der Waals surface area contributed by atoms with Gasteiger partial charge in [-0.05, 0) is 44.2 Å². The largest absolute Gasteiger partial charge is 0.493 e. The Morgan fingerprint density at radius 1 is 0.974 bits per heavy atom. The van der Waals surface area contributed by atoms with E-state index in [9.17, 15) is 9.59 Å². The zero-order valence-corrected chi connectivity index (χ0v) is 23.5. The van der Waals surface area contributed by atoms with Gasteiger partial charge in [0.1, 0.15) is 6.54 Å². The van der Waals surface area contributed by atoms with E-state index >= 15 is 0 Å². The van der Waals surface area contributed by atoms with Crippen LogP contribution < -0.4 is 14.8 Å². The van der Waals surface area contributed by atoms with Crippen molar-refractivity contribution >= 4 is 41.0 Å². The molecular weight excluding hydrogens is 539 g/mol. The third kappa shape index (κ3) is 6.35. The summed E-state index contributed by atoms with van der Waals surface area (Å²) in [6, 6.07) is 19.4. The van der Waals surface area contributed by atoms with Crippen LogP contribution in [0.3, 0.4) is 0 Å². The highest BCUT2D eigenvalue weighted by molar-refractivity contribution is 6.36. The van der Waals surface area contributed by atoms with Crippen molar-refractivity contribution in [1.29, 1.82) is 0 Å². The van der Waals surface area contributed by atoms with E-state index in [4.69, 9.17) is 37.7 Å². The number of ether oxygens (including phenoxy) is 2. The first-order valence-electron chi connectivity index (χ1n) is 12.1. The lowest BCUT2D eigenvalue weighted by Gasteiger charge is -2.26. The van der Waals surface area contributed by atoms with Gasteiger partial charge in [0.05, 0.1) is 36.2 Å². The van der Waals surface area contributed by atoms with Crippen molar-refractivity contribution in [3.05, 3.63) is 88.5 Å². The van der Waals surface area contributed by atoms with E-state index in [0.29, 0.717) is 27.9 Å². The predicted octanol–water partition coefficient (Wildman–Crippen LogP) is 6.35.